The Hall–Kier alpha value is 0.200. The zero-order chi connectivity index (χ0) is 9.78. The molecule has 3 nitrogen and oxygen atoms in total. The van der Waals surface area contributed by atoms with Crippen molar-refractivity contribution in [1.29, 1.82) is 0 Å². The molecule has 0 aromatic heterocycles. The fourth-order valence-electron chi connectivity index (χ4n) is 0.660. The van der Waals surface area contributed by atoms with Gasteiger partial charge in [0.1, 0.15) is 0 Å². The van der Waals surface area contributed by atoms with Crippen LogP contribution in [0.5, 0.6) is 0 Å². The highest BCUT2D eigenvalue weighted by atomic mass is 35.5. The van der Waals surface area contributed by atoms with E-state index in [1.165, 1.54) is 0 Å². The molecule has 5 heteroatoms. The van der Waals surface area contributed by atoms with E-state index in [-0.39, 0.29) is 17.7 Å². The van der Waals surface area contributed by atoms with Crippen molar-refractivity contribution in [3.05, 3.63) is 0 Å². The van der Waals surface area contributed by atoms with Gasteiger partial charge in [0.15, 0.2) is 0 Å². The Morgan fingerprint density at radius 3 is 2.17 bits per heavy atom. The summed E-state index contributed by atoms with van der Waals surface area (Å²) in [5, 5.41) is 0. The molecular formula is C7H16ClNO2S. The van der Waals surface area contributed by atoms with Crippen molar-refractivity contribution < 1.29 is 8.42 Å². The predicted octanol–water partition coefficient (Wildman–Crippen LogP) is 1.19. The molecule has 0 amide bonds. The van der Waals surface area contributed by atoms with Crippen LogP contribution < -0.4 is 4.72 Å². The first-order valence-corrected chi connectivity index (χ1v) is 6.17. The Morgan fingerprint density at radius 1 is 1.42 bits per heavy atom. The van der Waals surface area contributed by atoms with Crippen LogP contribution in [0.25, 0.3) is 0 Å². The minimum absolute atomic E-state index is 0.104. The van der Waals surface area contributed by atoms with Gasteiger partial charge in [0.25, 0.3) is 0 Å². The maximum Gasteiger partial charge on any atom is 0.211 e. The molecule has 0 spiro atoms. The van der Waals surface area contributed by atoms with E-state index in [2.05, 4.69) is 4.72 Å². The Morgan fingerprint density at radius 2 is 1.92 bits per heavy atom. The number of halogens is 1. The first kappa shape index (κ1) is 12.2. The molecule has 0 rings (SSSR count). The molecule has 1 atom stereocenters. The normalized spacial score (nSPS) is 15.1. The summed E-state index contributed by atoms with van der Waals surface area (Å²) in [6, 6.07) is -0.156. The van der Waals surface area contributed by atoms with Gasteiger partial charge < -0.3 is 0 Å². The highest BCUT2D eigenvalue weighted by Crippen LogP contribution is 2.04. The number of sulfonamides is 1. The van der Waals surface area contributed by atoms with Gasteiger partial charge in [0, 0.05) is 11.9 Å². The van der Waals surface area contributed by atoms with E-state index in [4.69, 9.17) is 11.6 Å². The van der Waals surface area contributed by atoms with Gasteiger partial charge in [-0.2, -0.15) is 0 Å². The van der Waals surface area contributed by atoms with E-state index in [1.54, 1.807) is 6.92 Å². The molecule has 0 fully saturated rings. The summed E-state index contributed by atoms with van der Waals surface area (Å²) < 4.78 is 24.7. The average molecular weight is 214 g/mol. The third-order valence-electron chi connectivity index (χ3n) is 1.68. The molecule has 0 aromatic carbocycles. The fraction of sp³-hybridized carbons (Fsp3) is 1.00. The van der Waals surface area contributed by atoms with Crippen LogP contribution in [0.4, 0.5) is 0 Å². The third kappa shape index (κ3) is 4.28. The molecule has 0 bridgehead atoms. The van der Waals surface area contributed by atoms with Crippen molar-refractivity contribution in [2.45, 2.75) is 26.8 Å². The molecule has 0 aromatic rings. The van der Waals surface area contributed by atoms with Crippen molar-refractivity contribution in [1.82, 2.24) is 4.72 Å². The van der Waals surface area contributed by atoms with Crippen molar-refractivity contribution in [2.75, 3.05) is 11.6 Å². The van der Waals surface area contributed by atoms with Crippen LogP contribution in [-0.4, -0.2) is 26.1 Å². The monoisotopic (exact) mass is 213 g/mol. The van der Waals surface area contributed by atoms with Crippen LogP contribution in [0, 0.1) is 5.92 Å². The van der Waals surface area contributed by atoms with E-state index < -0.39 is 10.0 Å². The summed E-state index contributed by atoms with van der Waals surface area (Å²) in [6.07, 6.45) is 0. The molecule has 0 aliphatic heterocycles. The number of nitrogens with one attached hydrogen (secondary N) is 1. The van der Waals surface area contributed by atoms with Crippen molar-refractivity contribution in [2.24, 2.45) is 5.92 Å². The molecule has 12 heavy (non-hydrogen) atoms. The molecule has 1 N–H and O–H groups in total. The minimum Gasteiger partial charge on any atom is -0.212 e. The lowest BCUT2D eigenvalue weighted by atomic mass is 10.1. The zero-order valence-electron chi connectivity index (χ0n) is 7.67. The van der Waals surface area contributed by atoms with Crippen LogP contribution in [0.1, 0.15) is 20.8 Å². The van der Waals surface area contributed by atoms with E-state index >= 15 is 0 Å². The van der Waals surface area contributed by atoms with Crippen LogP contribution in [0.15, 0.2) is 0 Å². The third-order valence-corrected chi connectivity index (χ3v) is 3.44. The Labute approximate surface area is 79.5 Å². The number of rotatable bonds is 5. The van der Waals surface area contributed by atoms with E-state index in [9.17, 15) is 8.42 Å². The van der Waals surface area contributed by atoms with Gasteiger partial charge in [-0.25, -0.2) is 13.1 Å². The van der Waals surface area contributed by atoms with E-state index in [0.29, 0.717) is 5.88 Å². The zero-order valence-corrected chi connectivity index (χ0v) is 9.24. The largest absolute Gasteiger partial charge is 0.212 e. The summed E-state index contributed by atoms with van der Waals surface area (Å²) in [7, 11) is -3.11. The lowest BCUT2D eigenvalue weighted by Crippen LogP contribution is -2.40. The first-order valence-electron chi connectivity index (χ1n) is 3.99. The van der Waals surface area contributed by atoms with E-state index in [1.807, 2.05) is 13.8 Å². The van der Waals surface area contributed by atoms with Crippen LogP contribution in [0.3, 0.4) is 0 Å². The molecule has 0 aliphatic carbocycles. The van der Waals surface area contributed by atoms with Crippen LogP contribution >= 0.6 is 11.6 Å². The van der Waals surface area contributed by atoms with E-state index in [0.717, 1.165) is 0 Å². The minimum atomic E-state index is -3.11. The summed E-state index contributed by atoms with van der Waals surface area (Å²) in [5.41, 5.74) is 0. The topological polar surface area (TPSA) is 46.2 Å². The summed E-state index contributed by atoms with van der Waals surface area (Å²) >= 11 is 5.60. The predicted molar refractivity (Wildman–Crippen MR) is 51.9 cm³/mol. The van der Waals surface area contributed by atoms with Gasteiger partial charge in [0.05, 0.1) is 5.75 Å². The average Bonchev–Trinajstić information content (AvgIpc) is 2.00. The number of alkyl halides is 1. The Balaban J connectivity index is 4.22. The molecule has 74 valence electrons. The smallest absolute Gasteiger partial charge is 0.211 e. The van der Waals surface area contributed by atoms with Gasteiger partial charge in [-0.3, -0.25) is 0 Å². The molecule has 0 saturated carbocycles. The summed E-state index contributed by atoms with van der Waals surface area (Å²) in [5.74, 6) is 0.646. The Kier molecular flexibility index (Phi) is 5.13. The van der Waals surface area contributed by atoms with Crippen LogP contribution in [-0.2, 0) is 10.0 Å². The first-order chi connectivity index (χ1) is 5.43. The lowest BCUT2D eigenvalue weighted by molar-refractivity contribution is 0.480. The second-order valence-corrected chi connectivity index (χ2v) is 5.38. The van der Waals surface area contributed by atoms with Crippen molar-refractivity contribution in [3.8, 4) is 0 Å². The quantitative estimate of drug-likeness (QED) is 0.698. The van der Waals surface area contributed by atoms with Gasteiger partial charge in [0.2, 0.25) is 10.0 Å². The van der Waals surface area contributed by atoms with Gasteiger partial charge in [-0.1, -0.05) is 13.8 Å². The number of hydrogen-bond donors (Lipinski definition) is 1. The van der Waals surface area contributed by atoms with Gasteiger partial charge in [-0.15, -0.1) is 11.6 Å². The standard InChI is InChI=1S/C7H16ClNO2S/c1-4-12(10,11)9-7(5-8)6(2)3/h6-7,9H,4-5H2,1-3H3. The van der Waals surface area contributed by atoms with Gasteiger partial charge in [-0.05, 0) is 12.8 Å². The summed E-state index contributed by atoms with van der Waals surface area (Å²) in [4.78, 5) is 0. The molecular weight excluding hydrogens is 198 g/mol. The van der Waals surface area contributed by atoms with Gasteiger partial charge >= 0.3 is 0 Å². The molecule has 1 unspecified atom stereocenters. The second-order valence-electron chi connectivity index (χ2n) is 3.03. The molecule has 0 saturated heterocycles. The number of hydrogen-bond acceptors (Lipinski definition) is 2. The lowest BCUT2D eigenvalue weighted by Gasteiger charge is -2.18. The van der Waals surface area contributed by atoms with Crippen molar-refractivity contribution >= 4 is 21.6 Å². The maximum atomic E-state index is 11.1. The highest BCUT2D eigenvalue weighted by Gasteiger charge is 2.17. The highest BCUT2D eigenvalue weighted by molar-refractivity contribution is 7.89. The fourth-order valence-corrected chi connectivity index (χ4v) is 2.17. The van der Waals surface area contributed by atoms with Crippen molar-refractivity contribution in [3.63, 3.8) is 0 Å². The maximum absolute atomic E-state index is 11.1. The van der Waals surface area contributed by atoms with Crippen LogP contribution in [0.2, 0.25) is 0 Å². The Bertz CT molecular complexity index is 213. The molecule has 0 heterocycles. The SMILES string of the molecule is CCS(=O)(=O)NC(CCl)C(C)C. The summed E-state index contributed by atoms with van der Waals surface area (Å²) in [6.45, 7) is 5.48. The second kappa shape index (κ2) is 5.04. The molecule has 0 aliphatic rings. The molecule has 0 radical (unpaired) electrons.